The molecule has 0 saturated carbocycles. The zero-order valence-corrected chi connectivity index (χ0v) is 13.1. The largest absolute Gasteiger partial charge is 0.236 e. The van der Waals surface area contributed by atoms with E-state index in [1.807, 2.05) is 6.07 Å². The molecule has 0 radical (unpaired) electrons. The minimum atomic E-state index is -3.66. The number of fused-ring (bicyclic) bond motifs is 1. The molecular formula is C14H13N3O2S2. The fourth-order valence-electron chi connectivity index (χ4n) is 2.18. The molecule has 0 atom stereocenters. The first-order chi connectivity index (χ1) is 10.1. The summed E-state index contributed by atoms with van der Waals surface area (Å²) in [5.41, 5.74) is 1.06. The van der Waals surface area contributed by atoms with Crippen LogP contribution in [0.2, 0.25) is 0 Å². The summed E-state index contributed by atoms with van der Waals surface area (Å²) in [4.78, 5) is 4.64. The van der Waals surface area contributed by atoms with E-state index in [-0.39, 0.29) is 4.90 Å². The third-order valence-electron chi connectivity index (χ3n) is 3.17. The normalized spacial score (nSPS) is 11.9. The Morgan fingerprint density at radius 3 is 2.67 bits per heavy atom. The number of sulfone groups is 1. The molecule has 0 aliphatic rings. The summed E-state index contributed by atoms with van der Waals surface area (Å²) in [6, 6.07) is 8.65. The van der Waals surface area contributed by atoms with Gasteiger partial charge in [0.25, 0.3) is 0 Å². The third-order valence-corrected chi connectivity index (χ3v) is 5.92. The molecule has 21 heavy (non-hydrogen) atoms. The SMILES string of the molecule is CSc1nn2cccnc2c1S(=O)(=O)c1ccccc1C. The number of aryl methyl sites for hydroxylation is 1. The smallest absolute Gasteiger partial charge is 0.213 e. The first kappa shape index (κ1) is 14.1. The summed E-state index contributed by atoms with van der Waals surface area (Å²) < 4.78 is 27.5. The van der Waals surface area contributed by atoms with E-state index in [9.17, 15) is 8.42 Å². The second-order valence-electron chi connectivity index (χ2n) is 4.50. The van der Waals surface area contributed by atoms with Crippen molar-refractivity contribution in [3.63, 3.8) is 0 Å². The highest BCUT2D eigenvalue weighted by atomic mass is 32.2. The number of aromatic nitrogens is 3. The van der Waals surface area contributed by atoms with E-state index in [1.165, 1.54) is 16.3 Å². The number of nitrogens with zero attached hydrogens (tertiary/aromatic N) is 3. The van der Waals surface area contributed by atoms with Crippen LogP contribution >= 0.6 is 11.8 Å². The molecule has 3 rings (SSSR count). The van der Waals surface area contributed by atoms with Gasteiger partial charge < -0.3 is 0 Å². The molecule has 1 aromatic carbocycles. The molecule has 0 unspecified atom stereocenters. The van der Waals surface area contributed by atoms with E-state index in [4.69, 9.17) is 0 Å². The molecule has 0 aliphatic carbocycles. The summed E-state index contributed by atoms with van der Waals surface area (Å²) in [5, 5.41) is 4.75. The number of hydrogen-bond donors (Lipinski definition) is 0. The first-order valence-corrected chi connectivity index (χ1v) is 8.94. The second kappa shape index (κ2) is 5.16. The lowest BCUT2D eigenvalue weighted by Crippen LogP contribution is -2.05. The number of benzene rings is 1. The monoisotopic (exact) mass is 319 g/mol. The Morgan fingerprint density at radius 2 is 1.95 bits per heavy atom. The topological polar surface area (TPSA) is 64.3 Å². The van der Waals surface area contributed by atoms with Crippen LogP contribution in [0, 0.1) is 6.92 Å². The van der Waals surface area contributed by atoms with Gasteiger partial charge in [-0.2, -0.15) is 5.10 Å². The van der Waals surface area contributed by atoms with Crippen LogP contribution < -0.4 is 0 Å². The molecule has 5 nitrogen and oxygen atoms in total. The summed E-state index contributed by atoms with van der Waals surface area (Å²) in [6.07, 6.45) is 5.07. The molecule has 2 aromatic heterocycles. The van der Waals surface area contributed by atoms with E-state index >= 15 is 0 Å². The molecule has 2 heterocycles. The average molecular weight is 319 g/mol. The zero-order valence-electron chi connectivity index (χ0n) is 11.5. The number of hydrogen-bond acceptors (Lipinski definition) is 5. The molecule has 0 amide bonds. The number of thioether (sulfide) groups is 1. The van der Waals surface area contributed by atoms with Crippen molar-refractivity contribution < 1.29 is 8.42 Å². The lowest BCUT2D eigenvalue weighted by molar-refractivity contribution is 0.594. The summed E-state index contributed by atoms with van der Waals surface area (Å²) in [5.74, 6) is 0. The van der Waals surface area contributed by atoms with E-state index in [2.05, 4.69) is 10.1 Å². The van der Waals surface area contributed by atoms with Gasteiger partial charge in [0.2, 0.25) is 9.84 Å². The van der Waals surface area contributed by atoms with Crippen molar-refractivity contribution in [3.8, 4) is 0 Å². The van der Waals surface area contributed by atoms with Crippen LogP contribution in [0.15, 0.2) is 57.5 Å². The fraction of sp³-hybridized carbons (Fsp3) is 0.143. The van der Waals surface area contributed by atoms with Gasteiger partial charge >= 0.3 is 0 Å². The molecule has 0 saturated heterocycles. The summed E-state index contributed by atoms with van der Waals surface area (Å²) in [7, 11) is -3.66. The van der Waals surface area contributed by atoms with Crippen molar-refractivity contribution in [2.75, 3.05) is 6.26 Å². The standard InChI is InChI=1S/C14H13N3O2S2/c1-10-6-3-4-7-11(10)21(18,19)12-13-15-8-5-9-17(13)16-14(12)20-2/h3-9H,1-2H3. The molecule has 0 bridgehead atoms. The Balaban J connectivity index is 2.36. The molecule has 0 aliphatic heterocycles. The highest BCUT2D eigenvalue weighted by Gasteiger charge is 2.29. The third kappa shape index (κ3) is 2.22. The van der Waals surface area contributed by atoms with Gasteiger partial charge in [0.05, 0.1) is 4.90 Å². The van der Waals surface area contributed by atoms with Gasteiger partial charge in [-0.3, -0.25) is 0 Å². The van der Waals surface area contributed by atoms with Crippen LogP contribution in [0.1, 0.15) is 5.56 Å². The van der Waals surface area contributed by atoms with E-state index in [0.29, 0.717) is 21.1 Å². The van der Waals surface area contributed by atoms with Crippen molar-refractivity contribution in [3.05, 3.63) is 48.3 Å². The van der Waals surface area contributed by atoms with Crippen LogP contribution in [0.25, 0.3) is 5.65 Å². The lowest BCUT2D eigenvalue weighted by atomic mass is 10.2. The Morgan fingerprint density at radius 1 is 1.19 bits per heavy atom. The Bertz CT molecular complexity index is 917. The number of rotatable bonds is 3. The first-order valence-electron chi connectivity index (χ1n) is 6.24. The van der Waals surface area contributed by atoms with Crippen LogP contribution in [0.3, 0.4) is 0 Å². The minimum Gasteiger partial charge on any atom is -0.236 e. The highest BCUT2D eigenvalue weighted by Crippen LogP contribution is 2.32. The van der Waals surface area contributed by atoms with E-state index < -0.39 is 9.84 Å². The van der Waals surface area contributed by atoms with E-state index in [0.717, 1.165) is 0 Å². The average Bonchev–Trinajstić information content (AvgIpc) is 2.86. The molecule has 0 spiro atoms. The lowest BCUT2D eigenvalue weighted by Gasteiger charge is -2.07. The van der Waals surface area contributed by atoms with Gasteiger partial charge in [-0.1, -0.05) is 18.2 Å². The van der Waals surface area contributed by atoms with Gasteiger partial charge in [0, 0.05) is 12.4 Å². The quantitative estimate of drug-likeness (QED) is 0.694. The van der Waals surface area contributed by atoms with Crippen molar-refractivity contribution in [2.45, 2.75) is 21.7 Å². The Kier molecular flexibility index (Phi) is 3.46. The van der Waals surface area contributed by atoms with Crippen LogP contribution in [0.5, 0.6) is 0 Å². The van der Waals surface area contributed by atoms with Gasteiger partial charge in [0.1, 0.15) is 5.03 Å². The maximum Gasteiger partial charge on any atom is 0.213 e. The second-order valence-corrected chi connectivity index (χ2v) is 7.15. The Hall–Kier alpha value is -1.86. The fourth-order valence-corrected chi connectivity index (χ4v) is 4.83. The molecular weight excluding hydrogens is 306 g/mol. The molecule has 0 fully saturated rings. The zero-order chi connectivity index (χ0) is 15.0. The van der Waals surface area contributed by atoms with Crippen molar-refractivity contribution in [1.29, 1.82) is 0 Å². The van der Waals surface area contributed by atoms with Gasteiger partial charge in [-0.15, -0.1) is 11.8 Å². The predicted molar refractivity (Wildman–Crippen MR) is 81.4 cm³/mol. The van der Waals surface area contributed by atoms with E-state index in [1.54, 1.807) is 49.8 Å². The van der Waals surface area contributed by atoms with Crippen LogP contribution in [0.4, 0.5) is 0 Å². The van der Waals surface area contributed by atoms with Crippen molar-refractivity contribution in [1.82, 2.24) is 14.6 Å². The van der Waals surface area contributed by atoms with Gasteiger partial charge in [-0.25, -0.2) is 17.9 Å². The predicted octanol–water partition coefficient (Wildman–Crippen LogP) is 2.59. The van der Waals surface area contributed by atoms with Crippen LogP contribution in [-0.2, 0) is 9.84 Å². The summed E-state index contributed by atoms with van der Waals surface area (Å²) >= 11 is 1.30. The molecule has 3 aromatic rings. The molecule has 7 heteroatoms. The Labute approximate surface area is 126 Å². The van der Waals surface area contributed by atoms with Gasteiger partial charge in [0.15, 0.2) is 10.5 Å². The molecule has 0 N–H and O–H groups in total. The highest BCUT2D eigenvalue weighted by molar-refractivity contribution is 7.99. The van der Waals surface area contributed by atoms with Gasteiger partial charge in [-0.05, 0) is 30.9 Å². The summed E-state index contributed by atoms with van der Waals surface area (Å²) in [6.45, 7) is 1.78. The maximum atomic E-state index is 13.0. The van der Waals surface area contributed by atoms with Crippen molar-refractivity contribution in [2.24, 2.45) is 0 Å². The minimum absolute atomic E-state index is 0.171. The van der Waals surface area contributed by atoms with Crippen molar-refractivity contribution >= 4 is 27.2 Å². The van der Waals surface area contributed by atoms with Crippen LogP contribution in [-0.4, -0.2) is 29.3 Å². The molecule has 108 valence electrons. The maximum absolute atomic E-state index is 13.0.